The van der Waals surface area contributed by atoms with Crippen LogP contribution in [-0.4, -0.2) is 21.4 Å². The van der Waals surface area contributed by atoms with Gasteiger partial charge in [-0.1, -0.05) is 25.7 Å². The zero-order valence-electron chi connectivity index (χ0n) is 15.7. The van der Waals surface area contributed by atoms with Crippen LogP contribution >= 0.6 is 0 Å². The minimum atomic E-state index is -0.920. The molecule has 0 spiro atoms. The van der Waals surface area contributed by atoms with Crippen molar-refractivity contribution in [3.05, 3.63) is 0 Å². The molecule has 0 aromatic carbocycles. The largest absolute Gasteiger partial charge is 0.378 e. The van der Waals surface area contributed by atoms with Crippen molar-refractivity contribution in [2.24, 2.45) is 34.5 Å². The summed E-state index contributed by atoms with van der Waals surface area (Å²) >= 11 is 0. The summed E-state index contributed by atoms with van der Waals surface area (Å²) in [5.74, 6) is 7.85. The van der Waals surface area contributed by atoms with Crippen molar-refractivity contribution < 1.29 is 10.2 Å². The first-order chi connectivity index (χ1) is 11.7. The van der Waals surface area contributed by atoms with E-state index in [1.165, 1.54) is 6.42 Å². The lowest BCUT2D eigenvalue weighted by molar-refractivity contribution is -0.152. The zero-order valence-corrected chi connectivity index (χ0v) is 15.7. The van der Waals surface area contributed by atoms with E-state index in [1.807, 2.05) is 0 Å². The summed E-state index contributed by atoms with van der Waals surface area (Å²) in [6, 6.07) is 0. The molecule has 4 fully saturated rings. The molecule has 2 nitrogen and oxygen atoms in total. The number of hydrogen-bond donors (Lipinski definition) is 2. The fourth-order valence-corrected chi connectivity index (χ4v) is 7.63. The van der Waals surface area contributed by atoms with Crippen molar-refractivity contribution in [3.63, 3.8) is 0 Å². The number of hydrogen-bond acceptors (Lipinski definition) is 2. The summed E-state index contributed by atoms with van der Waals surface area (Å²) < 4.78 is 0. The van der Waals surface area contributed by atoms with Gasteiger partial charge in [0.15, 0.2) is 0 Å². The zero-order chi connectivity index (χ0) is 18.1. The Kier molecular flexibility index (Phi) is 3.69. The first-order valence-electron chi connectivity index (χ1n) is 10.1. The molecule has 0 radical (unpaired) electrons. The lowest BCUT2D eigenvalue weighted by Gasteiger charge is -2.62. The van der Waals surface area contributed by atoms with Crippen LogP contribution in [-0.2, 0) is 0 Å². The SMILES string of the molecule is C#C[C@]1(O)CC[C@@]2(C)[C@@H](CC[C@H]3[C@H]4CC[C@](O)(C#C)[C@]4(C)CC[C@@H]32)C1. The quantitative estimate of drug-likeness (QED) is 0.659. The maximum atomic E-state index is 11.1. The fourth-order valence-electron chi connectivity index (χ4n) is 7.63. The van der Waals surface area contributed by atoms with Gasteiger partial charge in [0.1, 0.15) is 11.2 Å². The molecule has 0 heterocycles. The van der Waals surface area contributed by atoms with Gasteiger partial charge in [-0.3, -0.25) is 0 Å². The highest BCUT2D eigenvalue weighted by molar-refractivity contribution is 5.24. The predicted molar refractivity (Wildman–Crippen MR) is 99.3 cm³/mol. The minimum absolute atomic E-state index is 0.125. The van der Waals surface area contributed by atoms with Gasteiger partial charge in [-0.15, -0.1) is 12.8 Å². The van der Waals surface area contributed by atoms with Crippen LogP contribution in [0.5, 0.6) is 0 Å². The smallest absolute Gasteiger partial charge is 0.130 e. The normalized spacial score (nSPS) is 57.5. The van der Waals surface area contributed by atoms with Crippen LogP contribution in [0, 0.1) is 59.2 Å². The van der Waals surface area contributed by atoms with Gasteiger partial charge in [0.25, 0.3) is 0 Å². The van der Waals surface area contributed by atoms with Crippen molar-refractivity contribution in [2.75, 3.05) is 0 Å². The summed E-state index contributed by atoms with van der Waals surface area (Å²) in [7, 11) is 0. The summed E-state index contributed by atoms with van der Waals surface area (Å²) in [5, 5.41) is 21.7. The molecule has 25 heavy (non-hydrogen) atoms. The molecular formula is C23H32O2. The molecular weight excluding hydrogens is 308 g/mol. The molecule has 0 aromatic heterocycles. The Morgan fingerprint density at radius 1 is 0.840 bits per heavy atom. The van der Waals surface area contributed by atoms with Crippen LogP contribution in [0.1, 0.15) is 71.6 Å². The Bertz CT molecular complexity index is 656. The van der Waals surface area contributed by atoms with Crippen LogP contribution in [0.3, 0.4) is 0 Å². The lowest BCUT2D eigenvalue weighted by atomic mass is 9.43. The van der Waals surface area contributed by atoms with Crippen molar-refractivity contribution in [1.29, 1.82) is 0 Å². The third-order valence-electron chi connectivity index (χ3n) is 9.39. The van der Waals surface area contributed by atoms with Crippen LogP contribution in [0.25, 0.3) is 0 Å². The van der Waals surface area contributed by atoms with E-state index in [4.69, 9.17) is 12.8 Å². The van der Waals surface area contributed by atoms with Gasteiger partial charge in [-0.25, -0.2) is 0 Å². The monoisotopic (exact) mass is 340 g/mol. The van der Waals surface area contributed by atoms with Gasteiger partial charge in [0.2, 0.25) is 0 Å². The molecule has 0 bridgehead atoms. The second-order valence-electron chi connectivity index (χ2n) is 10.0. The summed E-state index contributed by atoms with van der Waals surface area (Å²) in [6.45, 7) is 4.70. The molecule has 0 aliphatic heterocycles. The molecule has 4 aliphatic carbocycles. The Morgan fingerprint density at radius 3 is 2.24 bits per heavy atom. The summed E-state index contributed by atoms with van der Waals surface area (Å²) in [4.78, 5) is 0. The van der Waals surface area contributed by atoms with Crippen molar-refractivity contribution in [3.8, 4) is 24.7 Å². The third-order valence-corrected chi connectivity index (χ3v) is 9.39. The van der Waals surface area contributed by atoms with E-state index in [9.17, 15) is 10.2 Å². The lowest BCUT2D eigenvalue weighted by Crippen LogP contribution is -2.57. The summed E-state index contributed by atoms with van der Waals surface area (Å²) in [5.41, 5.74) is -1.65. The highest BCUT2D eigenvalue weighted by atomic mass is 16.3. The third kappa shape index (κ3) is 2.14. The number of fused-ring (bicyclic) bond motifs is 5. The van der Waals surface area contributed by atoms with Gasteiger partial charge in [0, 0.05) is 5.41 Å². The van der Waals surface area contributed by atoms with E-state index in [0.29, 0.717) is 23.7 Å². The molecule has 2 N–H and O–H groups in total. The number of rotatable bonds is 0. The average molecular weight is 341 g/mol. The van der Waals surface area contributed by atoms with Gasteiger partial charge in [0.05, 0.1) is 0 Å². The van der Waals surface area contributed by atoms with E-state index in [0.717, 1.165) is 51.4 Å². The van der Waals surface area contributed by atoms with E-state index < -0.39 is 11.2 Å². The second-order valence-corrected chi connectivity index (χ2v) is 10.0. The first kappa shape index (κ1) is 17.5. The Balaban J connectivity index is 1.63. The molecule has 0 saturated heterocycles. The topological polar surface area (TPSA) is 40.5 Å². The molecule has 8 atom stereocenters. The number of aliphatic hydroxyl groups is 2. The molecule has 4 rings (SSSR count). The van der Waals surface area contributed by atoms with E-state index in [-0.39, 0.29) is 10.8 Å². The van der Waals surface area contributed by atoms with Gasteiger partial charge < -0.3 is 10.2 Å². The maximum Gasteiger partial charge on any atom is 0.130 e. The maximum absolute atomic E-state index is 11.1. The molecule has 0 amide bonds. The van der Waals surface area contributed by atoms with Crippen LogP contribution in [0.4, 0.5) is 0 Å². The Hall–Kier alpha value is -0.960. The standard InChI is InChI=1S/C23H32O2/c1-5-22(24)14-13-20(3)16(15-22)7-8-17-18(20)9-11-21(4)19(17)10-12-23(21,25)6-2/h1-2,16-19,24-25H,7-15H2,3-4H3/t16-,17+,18-,19+,20-,21+,22-,23+/m0/s1. The van der Waals surface area contributed by atoms with Gasteiger partial charge in [-0.2, -0.15) is 0 Å². The second kappa shape index (κ2) is 5.28. The fraction of sp³-hybridized carbons (Fsp3) is 0.826. The van der Waals surface area contributed by atoms with Crippen molar-refractivity contribution >= 4 is 0 Å². The van der Waals surface area contributed by atoms with Crippen molar-refractivity contribution in [1.82, 2.24) is 0 Å². The Morgan fingerprint density at radius 2 is 1.56 bits per heavy atom. The van der Waals surface area contributed by atoms with E-state index in [1.54, 1.807) is 0 Å². The summed E-state index contributed by atoms with van der Waals surface area (Å²) in [6.07, 6.45) is 20.3. The number of terminal acetylenes is 2. The van der Waals surface area contributed by atoms with Crippen molar-refractivity contribution in [2.45, 2.75) is 82.8 Å². The Labute approximate surface area is 152 Å². The van der Waals surface area contributed by atoms with Gasteiger partial charge >= 0.3 is 0 Å². The van der Waals surface area contributed by atoms with Gasteiger partial charge in [-0.05, 0) is 86.9 Å². The van der Waals surface area contributed by atoms with E-state index in [2.05, 4.69) is 25.7 Å². The predicted octanol–water partition coefficient (Wildman–Crippen LogP) is 3.76. The molecule has 136 valence electrons. The highest BCUT2D eigenvalue weighted by Crippen LogP contribution is 2.68. The first-order valence-corrected chi connectivity index (χ1v) is 10.1. The molecule has 2 heteroatoms. The van der Waals surface area contributed by atoms with E-state index >= 15 is 0 Å². The highest BCUT2D eigenvalue weighted by Gasteiger charge is 2.64. The van der Waals surface area contributed by atoms with Crippen LogP contribution in [0.2, 0.25) is 0 Å². The molecule has 4 saturated carbocycles. The van der Waals surface area contributed by atoms with Crippen LogP contribution in [0.15, 0.2) is 0 Å². The minimum Gasteiger partial charge on any atom is -0.378 e. The van der Waals surface area contributed by atoms with Crippen LogP contribution < -0.4 is 0 Å². The molecule has 0 aromatic rings. The molecule has 0 unspecified atom stereocenters. The average Bonchev–Trinajstić information content (AvgIpc) is 2.88. The molecule has 4 aliphatic rings.